The van der Waals surface area contributed by atoms with Gasteiger partial charge in [-0.1, -0.05) is 13.8 Å². The number of carbonyl (C=O) groups is 1. The Morgan fingerprint density at radius 3 is 2.29 bits per heavy atom. The molecule has 2 saturated heterocycles. The fourth-order valence-electron chi connectivity index (χ4n) is 2.08. The van der Waals surface area contributed by atoms with Crippen molar-refractivity contribution in [2.75, 3.05) is 26.2 Å². The first-order chi connectivity index (χ1) is 6.66. The van der Waals surface area contributed by atoms with Crippen molar-refractivity contribution in [1.29, 1.82) is 0 Å². The number of thioether (sulfide) groups is 1. The van der Waals surface area contributed by atoms with Crippen LogP contribution < -0.4 is 5.32 Å². The van der Waals surface area contributed by atoms with Gasteiger partial charge in [-0.05, 0) is 0 Å². The summed E-state index contributed by atoms with van der Waals surface area (Å²) in [6, 6.07) is 0. The van der Waals surface area contributed by atoms with Crippen LogP contribution in [0.25, 0.3) is 0 Å². The first-order valence-corrected chi connectivity index (χ1v) is 6.26. The summed E-state index contributed by atoms with van der Waals surface area (Å²) in [7, 11) is 0. The predicted octanol–water partition coefficient (Wildman–Crippen LogP) is 0.558. The summed E-state index contributed by atoms with van der Waals surface area (Å²) in [5.74, 6) is 0.625. The molecule has 0 radical (unpaired) electrons. The highest BCUT2D eigenvalue weighted by Gasteiger charge is 2.33. The molecule has 1 amide bonds. The molecule has 14 heavy (non-hydrogen) atoms. The highest BCUT2D eigenvalue weighted by molar-refractivity contribution is 8.00. The van der Waals surface area contributed by atoms with Crippen molar-refractivity contribution in [1.82, 2.24) is 10.2 Å². The van der Waals surface area contributed by atoms with Gasteiger partial charge in [0.05, 0.1) is 5.92 Å². The van der Waals surface area contributed by atoms with Crippen LogP contribution >= 0.6 is 11.8 Å². The van der Waals surface area contributed by atoms with E-state index in [0.717, 1.165) is 26.2 Å². The van der Waals surface area contributed by atoms with Crippen LogP contribution in [0, 0.1) is 5.92 Å². The Labute approximate surface area is 89.6 Å². The van der Waals surface area contributed by atoms with E-state index in [2.05, 4.69) is 24.1 Å². The lowest BCUT2D eigenvalue weighted by Gasteiger charge is -2.38. The molecule has 2 heterocycles. The molecule has 3 nitrogen and oxygen atoms in total. The zero-order valence-electron chi connectivity index (χ0n) is 8.82. The van der Waals surface area contributed by atoms with Gasteiger partial charge in [0.2, 0.25) is 5.91 Å². The summed E-state index contributed by atoms with van der Waals surface area (Å²) in [6.45, 7) is 8.05. The molecule has 2 fully saturated rings. The summed E-state index contributed by atoms with van der Waals surface area (Å²) in [5, 5.41) is 4.34. The van der Waals surface area contributed by atoms with E-state index in [1.54, 1.807) is 0 Å². The minimum absolute atomic E-state index is 0.262. The minimum Gasteiger partial charge on any atom is -0.340 e. The van der Waals surface area contributed by atoms with Gasteiger partial charge >= 0.3 is 0 Å². The van der Waals surface area contributed by atoms with Gasteiger partial charge in [-0.15, -0.1) is 0 Å². The molecule has 2 unspecified atom stereocenters. The lowest BCUT2D eigenvalue weighted by Crippen LogP contribution is -2.55. The third-order valence-electron chi connectivity index (χ3n) is 2.86. The third kappa shape index (κ3) is 2.06. The number of nitrogens with zero attached hydrogens (tertiary/aromatic N) is 1. The monoisotopic (exact) mass is 214 g/mol. The molecule has 0 aliphatic carbocycles. The molecule has 0 bridgehead atoms. The number of hydrogen-bond donors (Lipinski definition) is 1. The Hall–Kier alpha value is -0.220. The Bertz CT molecular complexity index is 220. The summed E-state index contributed by atoms with van der Waals surface area (Å²) in [5.41, 5.74) is 0. The van der Waals surface area contributed by atoms with E-state index >= 15 is 0 Å². The second kappa shape index (κ2) is 4.11. The van der Waals surface area contributed by atoms with Crippen LogP contribution in [-0.2, 0) is 4.79 Å². The van der Waals surface area contributed by atoms with Crippen molar-refractivity contribution in [3.05, 3.63) is 0 Å². The van der Waals surface area contributed by atoms with E-state index in [0.29, 0.717) is 16.4 Å². The zero-order chi connectivity index (χ0) is 10.1. The number of carbonyl (C=O) groups excluding carboxylic acids is 1. The quantitative estimate of drug-likeness (QED) is 0.692. The number of rotatable bonds is 1. The summed E-state index contributed by atoms with van der Waals surface area (Å²) < 4.78 is 0. The van der Waals surface area contributed by atoms with Crippen molar-refractivity contribution in [3.63, 3.8) is 0 Å². The fraction of sp³-hybridized carbons (Fsp3) is 0.900. The first kappa shape index (κ1) is 10.3. The second-order valence-electron chi connectivity index (χ2n) is 4.36. The molecule has 0 aromatic rings. The van der Waals surface area contributed by atoms with Crippen molar-refractivity contribution >= 4 is 17.7 Å². The zero-order valence-corrected chi connectivity index (χ0v) is 9.64. The van der Waals surface area contributed by atoms with Crippen LogP contribution in [0.5, 0.6) is 0 Å². The molecule has 2 rings (SSSR count). The van der Waals surface area contributed by atoms with Gasteiger partial charge < -0.3 is 10.2 Å². The number of amides is 1. The van der Waals surface area contributed by atoms with Crippen LogP contribution in [0.3, 0.4) is 0 Å². The number of hydrogen-bond acceptors (Lipinski definition) is 3. The predicted molar refractivity (Wildman–Crippen MR) is 59.5 cm³/mol. The van der Waals surface area contributed by atoms with Gasteiger partial charge in [-0.25, -0.2) is 0 Å². The maximum atomic E-state index is 11.9. The Kier molecular flexibility index (Phi) is 3.02. The molecule has 4 heteroatoms. The average molecular weight is 214 g/mol. The maximum Gasteiger partial charge on any atom is 0.228 e. The van der Waals surface area contributed by atoms with E-state index in [1.165, 1.54) is 0 Å². The Morgan fingerprint density at radius 1 is 1.29 bits per heavy atom. The maximum absolute atomic E-state index is 11.9. The topological polar surface area (TPSA) is 32.3 Å². The largest absolute Gasteiger partial charge is 0.340 e. The van der Waals surface area contributed by atoms with E-state index in [9.17, 15) is 4.79 Å². The summed E-state index contributed by atoms with van der Waals surface area (Å²) >= 11 is 1.99. The molecule has 0 aromatic carbocycles. The van der Waals surface area contributed by atoms with Crippen molar-refractivity contribution in [3.8, 4) is 0 Å². The standard InChI is InChI=1S/C10H18N2OS/c1-7-5-12(6-8(2)14-7)10(13)9-3-11-4-9/h7-9,11H,3-6H2,1-2H3. The van der Waals surface area contributed by atoms with Gasteiger partial charge in [0, 0.05) is 36.7 Å². The molecule has 0 spiro atoms. The number of nitrogens with one attached hydrogen (secondary N) is 1. The van der Waals surface area contributed by atoms with Crippen LogP contribution in [0.2, 0.25) is 0 Å². The van der Waals surface area contributed by atoms with Crippen LogP contribution in [-0.4, -0.2) is 47.5 Å². The van der Waals surface area contributed by atoms with Crippen molar-refractivity contribution in [2.45, 2.75) is 24.3 Å². The third-order valence-corrected chi connectivity index (χ3v) is 4.09. The Morgan fingerprint density at radius 2 is 1.86 bits per heavy atom. The normalized spacial score (nSPS) is 34.0. The molecule has 2 aliphatic rings. The lowest BCUT2D eigenvalue weighted by molar-refractivity contribution is -0.137. The smallest absolute Gasteiger partial charge is 0.228 e. The average Bonchev–Trinajstić information content (AvgIpc) is 1.98. The summed E-state index contributed by atoms with van der Waals surface area (Å²) in [6.07, 6.45) is 0. The Balaban J connectivity index is 1.92. The second-order valence-corrected chi connectivity index (χ2v) is 6.24. The van der Waals surface area contributed by atoms with Gasteiger partial charge in [0.25, 0.3) is 0 Å². The van der Waals surface area contributed by atoms with Crippen molar-refractivity contribution in [2.24, 2.45) is 5.92 Å². The van der Waals surface area contributed by atoms with Gasteiger partial charge in [0.15, 0.2) is 0 Å². The van der Waals surface area contributed by atoms with E-state index in [1.807, 2.05) is 11.8 Å². The first-order valence-electron chi connectivity index (χ1n) is 5.32. The van der Waals surface area contributed by atoms with Gasteiger partial charge in [-0.2, -0.15) is 11.8 Å². The summed E-state index contributed by atoms with van der Waals surface area (Å²) in [4.78, 5) is 14.0. The lowest BCUT2D eigenvalue weighted by atomic mass is 10.0. The van der Waals surface area contributed by atoms with Gasteiger partial charge in [-0.3, -0.25) is 4.79 Å². The molecular weight excluding hydrogens is 196 g/mol. The molecule has 1 N–H and O–H groups in total. The van der Waals surface area contributed by atoms with Crippen LogP contribution in [0.1, 0.15) is 13.8 Å². The van der Waals surface area contributed by atoms with Crippen LogP contribution in [0.4, 0.5) is 0 Å². The molecule has 2 atom stereocenters. The molecule has 0 aromatic heterocycles. The van der Waals surface area contributed by atoms with E-state index in [4.69, 9.17) is 0 Å². The molecular formula is C10H18N2OS. The molecule has 0 saturated carbocycles. The fourth-order valence-corrected chi connectivity index (χ4v) is 3.40. The van der Waals surface area contributed by atoms with E-state index < -0.39 is 0 Å². The minimum atomic E-state index is 0.262. The molecule has 80 valence electrons. The van der Waals surface area contributed by atoms with Crippen LogP contribution in [0.15, 0.2) is 0 Å². The van der Waals surface area contributed by atoms with E-state index in [-0.39, 0.29) is 5.92 Å². The van der Waals surface area contributed by atoms with Gasteiger partial charge in [0.1, 0.15) is 0 Å². The highest BCUT2D eigenvalue weighted by atomic mass is 32.2. The highest BCUT2D eigenvalue weighted by Crippen LogP contribution is 2.25. The molecule has 2 aliphatic heterocycles. The van der Waals surface area contributed by atoms with Crippen molar-refractivity contribution < 1.29 is 4.79 Å². The SMILES string of the molecule is CC1CN(C(=O)C2CNC2)CC(C)S1.